The van der Waals surface area contributed by atoms with Crippen molar-refractivity contribution >= 4 is 11.6 Å². The summed E-state index contributed by atoms with van der Waals surface area (Å²) < 4.78 is 1.64. The summed E-state index contributed by atoms with van der Waals surface area (Å²) >= 11 is 0. The van der Waals surface area contributed by atoms with E-state index in [4.69, 9.17) is 0 Å². The molecule has 1 aliphatic heterocycles. The summed E-state index contributed by atoms with van der Waals surface area (Å²) in [7, 11) is 0. The van der Waals surface area contributed by atoms with E-state index < -0.39 is 5.54 Å². The van der Waals surface area contributed by atoms with Crippen molar-refractivity contribution in [1.29, 1.82) is 0 Å². The molecule has 0 radical (unpaired) electrons. The van der Waals surface area contributed by atoms with Gasteiger partial charge in [0.1, 0.15) is 12.7 Å². The van der Waals surface area contributed by atoms with Crippen molar-refractivity contribution in [3.63, 3.8) is 0 Å². The molecule has 1 aromatic heterocycles. The van der Waals surface area contributed by atoms with Gasteiger partial charge in [-0.25, -0.2) is 9.67 Å². The van der Waals surface area contributed by atoms with E-state index in [1.165, 1.54) is 6.33 Å². The van der Waals surface area contributed by atoms with Crippen LogP contribution in [-0.4, -0.2) is 32.8 Å². The molecule has 1 unspecified atom stereocenters. The molecule has 3 rings (SSSR count). The molecule has 6 nitrogen and oxygen atoms in total. The lowest BCUT2D eigenvalue weighted by Gasteiger charge is -2.23. The zero-order valence-corrected chi connectivity index (χ0v) is 11.3. The fourth-order valence-corrected chi connectivity index (χ4v) is 2.46. The predicted molar refractivity (Wildman–Crippen MR) is 75.6 cm³/mol. The van der Waals surface area contributed by atoms with Crippen LogP contribution in [0.2, 0.25) is 0 Å². The minimum Gasteiger partial charge on any atom is -0.323 e. The van der Waals surface area contributed by atoms with Crippen molar-refractivity contribution in [3.8, 4) is 5.69 Å². The van der Waals surface area contributed by atoms with E-state index in [1.807, 2.05) is 31.2 Å². The molecule has 1 atom stereocenters. The Morgan fingerprint density at radius 2 is 2.30 bits per heavy atom. The number of carbonyl (C=O) groups is 1. The van der Waals surface area contributed by atoms with Crippen LogP contribution in [0.3, 0.4) is 0 Å². The molecule has 1 aromatic carbocycles. The van der Waals surface area contributed by atoms with Crippen molar-refractivity contribution in [2.24, 2.45) is 0 Å². The zero-order valence-electron chi connectivity index (χ0n) is 11.3. The Morgan fingerprint density at radius 3 is 3.00 bits per heavy atom. The Kier molecular flexibility index (Phi) is 3.23. The summed E-state index contributed by atoms with van der Waals surface area (Å²) in [6.45, 7) is 2.82. The number of anilines is 1. The minimum atomic E-state index is -0.491. The molecule has 0 saturated carbocycles. The lowest BCUT2D eigenvalue weighted by Crippen LogP contribution is -2.48. The van der Waals surface area contributed by atoms with Crippen molar-refractivity contribution < 1.29 is 4.79 Å². The van der Waals surface area contributed by atoms with Crippen LogP contribution in [-0.2, 0) is 4.79 Å². The first-order chi connectivity index (χ1) is 9.69. The van der Waals surface area contributed by atoms with Crippen LogP contribution in [0.1, 0.15) is 19.8 Å². The van der Waals surface area contributed by atoms with Crippen LogP contribution in [0.4, 0.5) is 5.69 Å². The first-order valence-electron chi connectivity index (χ1n) is 6.69. The maximum absolute atomic E-state index is 12.4. The molecule has 1 fully saturated rings. The number of nitrogens with one attached hydrogen (secondary N) is 2. The molecule has 6 heteroatoms. The number of aromatic nitrogens is 3. The molecule has 0 aliphatic carbocycles. The Labute approximate surface area is 117 Å². The van der Waals surface area contributed by atoms with Crippen molar-refractivity contribution in [2.75, 3.05) is 11.9 Å². The number of amides is 1. The molecule has 1 amide bonds. The highest BCUT2D eigenvalue weighted by molar-refractivity contribution is 5.99. The third-order valence-electron chi connectivity index (χ3n) is 3.69. The maximum atomic E-state index is 12.4. The fourth-order valence-electron chi connectivity index (χ4n) is 2.46. The largest absolute Gasteiger partial charge is 0.323 e. The second kappa shape index (κ2) is 5.05. The van der Waals surface area contributed by atoms with Gasteiger partial charge in [0, 0.05) is 0 Å². The highest BCUT2D eigenvalue weighted by Gasteiger charge is 2.36. The van der Waals surface area contributed by atoms with Crippen molar-refractivity contribution in [1.82, 2.24) is 20.1 Å². The first kappa shape index (κ1) is 12.8. The van der Waals surface area contributed by atoms with Gasteiger partial charge >= 0.3 is 0 Å². The van der Waals surface area contributed by atoms with Gasteiger partial charge in [-0.05, 0) is 38.4 Å². The van der Waals surface area contributed by atoms with E-state index in [0.717, 1.165) is 30.8 Å². The van der Waals surface area contributed by atoms with Crippen LogP contribution >= 0.6 is 0 Å². The smallest absolute Gasteiger partial charge is 0.244 e. The van der Waals surface area contributed by atoms with E-state index >= 15 is 0 Å². The van der Waals surface area contributed by atoms with Gasteiger partial charge in [0.25, 0.3) is 0 Å². The average Bonchev–Trinajstić information content (AvgIpc) is 3.11. The maximum Gasteiger partial charge on any atom is 0.244 e. The lowest BCUT2D eigenvalue weighted by molar-refractivity contribution is -0.121. The Hall–Kier alpha value is -2.21. The Bertz CT molecular complexity index is 602. The van der Waals surface area contributed by atoms with Crippen LogP contribution in [0.5, 0.6) is 0 Å². The molecule has 1 aliphatic rings. The topological polar surface area (TPSA) is 71.8 Å². The Balaban J connectivity index is 1.86. The van der Waals surface area contributed by atoms with E-state index in [9.17, 15) is 4.79 Å². The molecule has 2 heterocycles. The van der Waals surface area contributed by atoms with Crippen LogP contribution in [0, 0.1) is 0 Å². The first-order valence-corrected chi connectivity index (χ1v) is 6.69. The van der Waals surface area contributed by atoms with Gasteiger partial charge in [0.2, 0.25) is 5.91 Å². The van der Waals surface area contributed by atoms with Gasteiger partial charge < -0.3 is 10.6 Å². The second-order valence-electron chi connectivity index (χ2n) is 5.17. The number of benzene rings is 1. The summed E-state index contributed by atoms with van der Waals surface area (Å²) in [5, 5.41) is 10.4. The van der Waals surface area contributed by atoms with Crippen LogP contribution in [0.15, 0.2) is 36.9 Å². The second-order valence-corrected chi connectivity index (χ2v) is 5.17. The molecule has 104 valence electrons. The minimum absolute atomic E-state index is 0.0115. The SMILES string of the molecule is CC1(C(=O)Nc2ccccc2-n2cncn2)CCCN1. The standard InChI is InChI=1S/C14H17N5O/c1-14(7-4-8-16-14)13(20)18-11-5-2-3-6-12(11)19-10-15-9-17-19/h2-3,5-6,9-10,16H,4,7-8H2,1H3,(H,18,20). The third kappa shape index (κ3) is 2.30. The average molecular weight is 271 g/mol. The van der Waals surface area contributed by atoms with E-state index in [1.54, 1.807) is 11.0 Å². The lowest BCUT2D eigenvalue weighted by atomic mass is 9.99. The Morgan fingerprint density at radius 1 is 1.45 bits per heavy atom. The van der Waals surface area contributed by atoms with Gasteiger partial charge in [0.15, 0.2) is 0 Å². The van der Waals surface area contributed by atoms with Gasteiger partial charge in [-0.15, -0.1) is 0 Å². The van der Waals surface area contributed by atoms with Crippen LogP contribution < -0.4 is 10.6 Å². The summed E-state index contributed by atoms with van der Waals surface area (Å²) in [5.74, 6) is -0.0115. The van der Waals surface area contributed by atoms with E-state index in [0.29, 0.717) is 0 Å². The summed E-state index contributed by atoms with van der Waals surface area (Å²) in [4.78, 5) is 16.4. The van der Waals surface area contributed by atoms with Gasteiger partial charge in [-0.3, -0.25) is 4.79 Å². The van der Waals surface area contributed by atoms with Crippen molar-refractivity contribution in [3.05, 3.63) is 36.9 Å². The number of hydrogen-bond donors (Lipinski definition) is 2. The summed E-state index contributed by atoms with van der Waals surface area (Å²) in [6, 6.07) is 7.56. The summed E-state index contributed by atoms with van der Waals surface area (Å²) in [6.07, 6.45) is 4.96. The molecular weight excluding hydrogens is 254 g/mol. The number of para-hydroxylation sites is 2. The number of carbonyl (C=O) groups excluding carboxylic acids is 1. The third-order valence-corrected chi connectivity index (χ3v) is 3.69. The quantitative estimate of drug-likeness (QED) is 0.884. The highest BCUT2D eigenvalue weighted by Crippen LogP contribution is 2.23. The van der Waals surface area contributed by atoms with Gasteiger partial charge in [0.05, 0.1) is 16.9 Å². The molecule has 2 aromatic rings. The number of nitrogens with zero attached hydrogens (tertiary/aromatic N) is 3. The zero-order chi connectivity index (χ0) is 14.0. The molecule has 0 spiro atoms. The predicted octanol–water partition coefficient (Wildman–Crippen LogP) is 1.35. The molecule has 1 saturated heterocycles. The fraction of sp³-hybridized carbons (Fsp3) is 0.357. The van der Waals surface area contributed by atoms with Crippen LogP contribution in [0.25, 0.3) is 5.69 Å². The number of rotatable bonds is 3. The van der Waals surface area contributed by atoms with Crippen molar-refractivity contribution in [2.45, 2.75) is 25.3 Å². The van der Waals surface area contributed by atoms with Gasteiger partial charge in [-0.1, -0.05) is 12.1 Å². The summed E-state index contributed by atoms with van der Waals surface area (Å²) in [5.41, 5.74) is 1.05. The molecule has 20 heavy (non-hydrogen) atoms. The highest BCUT2D eigenvalue weighted by atomic mass is 16.2. The van der Waals surface area contributed by atoms with E-state index in [-0.39, 0.29) is 5.91 Å². The number of hydrogen-bond acceptors (Lipinski definition) is 4. The normalized spacial score (nSPS) is 21.9. The van der Waals surface area contributed by atoms with Gasteiger partial charge in [-0.2, -0.15) is 5.10 Å². The molecular formula is C14H17N5O. The monoisotopic (exact) mass is 271 g/mol. The molecule has 0 bridgehead atoms. The van der Waals surface area contributed by atoms with E-state index in [2.05, 4.69) is 20.7 Å². The molecule has 2 N–H and O–H groups in total.